The summed E-state index contributed by atoms with van der Waals surface area (Å²) in [6.45, 7) is 0. The van der Waals surface area contributed by atoms with Gasteiger partial charge >= 0.3 is 0 Å². The Morgan fingerprint density at radius 3 is 2.72 bits per heavy atom. The SMILES string of the molecule is NC(CCc1ccco1)c1c(F)ccc(Br)c1F. The minimum atomic E-state index is -0.701. The van der Waals surface area contributed by atoms with Crippen LogP contribution in [0.5, 0.6) is 0 Å². The van der Waals surface area contributed by atoms with Gasteiger partial charge in [-0.3, -0.25) is 0 Å². The van der Waals surface area contributed by atoms with E-state index in [0.29, 0.717) is 12.8 Å². The molecule has 2 nitrogen and oxygen atoms in total. The first-order valence-corrected chi connectivity index (χ1v) is 6.30. The van der Waals surface area contributed by atoms with Gasteiger partial charge in [0.1, 0.15) is 17.4 Å². The Hall–Kier alpha value is -1.20. The maximum absolute atomic E-state index is 13.8. The van der Waals surface area contributed by atoms with E-state index in [-0.39, 0.29) is 10.0 Å². The van der Waals surface area contributed by atoms with E-state index in [4.69, 9.17) is 10.2 Å². The van der Waals surface area contributed by atoms with Crippen molar-refractivity contribution in [2.45, 2.75) is 18.9 Å². The summed E-state index contributed by atoms with van der Waals surface area (Å²) < 4.78 is 32.7. The van der Waals surface area contributed by atoms with Crippen LogP contribution in [0.4, 0.5) is 8.78 Å². The third kappa shape index (κ3) is 2.79. The van der Waals surface area contributed by atoms with Gasteiger partial charge in [-0.05, 0) is 46.6 Å². The van der Waals surface area contributed by atoms with Gasteiger partial charge in [0.2, 0.25) is 0 Å². The summed E-state index contributed by atoms with van der Waals surface area (Å²) in [4.78, 5) is 0. The summed E-state index contributed by atoms with van der Waals surface area (Å²) in [5, 5.41) is 0. The number of aryl methyl sites for hydroxylation is 1. The molecule has 0 saturated heterocycles. The molecule has 1 aromatic carbocycles. The van der Waals surface area contributed by atoms with Crippen molar-refractivity contribution in [2.75, 3.05) is 0 Å². The van der Waals surface area contributed by atoms with Crippen molar-refractivity contribution in [3.05, 3.63) is 58.0 Å². The number of benzene rings is 1. The molecule has 1 atom stereocenters. The van der Waals surface area contributed by atoms with Crippen LogP contribution in [-0.4, -0.2) is 0 Å². The highest BCUT2D eigenvalue weighted by molar-refractivity contribution is 9.10. The Bertz CT molecular complexity index is 528. The fraction of sp³-hybridized carbons (Fsp3) is 0.231. The lowest BCUT2D eigenvalue weighted by Crippen LogP contribution is -2.15. The molecule has 1 unspecified atom stereocenters. The number of hydrogen-bond donors (Lipinski definition) is 1. The first-order chi connectivity index (χ1) is 8.59. The van der Waals surface area contributed by atoms with Gasteiger partial charge in [0.05, 0.1) is 10.7 Å². The quantitative estimate of drug-likeness (QED) is 0.868. The molecular formula is C13H12BrF2NO. The van der Waals surface area contributed by atoms with Gasteiger partial charge < -0.3 is 10.2 Å². The zero-order chi connectivity index (χ0) is 13.1. The Morgan fingerprint density at radius 2 is 2.06 bits per heavy atom. The monoisotopic (exact) mass is 315 g/mol. The van der Waals surface area contributed by atoms with Crippen molar-refractivity contribution in [3.63, 3.8) is 0 Å². The van der Waals surface area contributed by atoms with Gasteiger partial charge in [-0.2, -0.15) is 0 Å². The minimum Gasteiger partial charge on any atom is -0.469 e. The van der Waals surface area contributed by atoms with Gasteiger partial charge in [0.25, 0.3) is 0 Å². The number of halogens is 3. The zero-order valence-electron chi connectivity index (χ0n) is 9.50. The molecule has 0 fully saturated rings. The lowest BCUT2D eigenvalue weighted by Gasteiger charge is -2.14. The van der Waals surface area contributed by atoms with Crippen LogP contribution in [0.1, 0.15) is 23.8 Å². The van der Waals surface area contributed by atoms with E-state index in [1.54, 1.807) is 18.4 Å². The minimum absolute atomic E-state index is 0.0871. The molecule has 2 aromatic rings. The molecule has 0 amide bonds. The molecule has 1 aromatic heterocycles. The lowest BCUT2D eigenvalue weighted by molar-refractivity contribution is 0.470. The Balaban J connectivity index is 2.13. The van der Waals surface area contributed by atoms with Crippen LogP contribution in [0, 0.1) is 11.6 Å². The van der Waals surface area contributed by atoms with Crippen molar-refractivity contribution >= 4 is 15.9 Å². The second-order valence-electron chi connectivity index (χ2n) is 3.98. The normalized spacial score (nSPS) is 12.7. The van der Waals surface area contributed by atoms with Crippen LogP contribution < -0.4 is 5.73 Å². The molecule has 5 heteroatoms. The fourth-order valence-electron chi connectivity index (χ4n) is 1.78. The van der Waals surface area contributed by atoms with Crippen molar-refractivity contribution in [2.24, 2.45) is 5.73 Å². The molecular weight excluding hydrogens is 304 g/mol. The van der Waals surface area contributed by atoms with Crippen LogP contribution in [0.2, 0.25) is 0 Å². The molecule has 0 spiro atoms. The predicted octanol–water partition coefficient (Wildman–Crippen LogP) is 3.95. The summed E-state index contributed by atoms with van der Waals surface area (Å²) in [5.41, 5.74) is 5.75. The Labute approximate surface area is 112 Å². The Kier molecular flexibility index (Phi) is 4.14. The second kappa shape index (κ2) is 5.63. The number of nitrogens with two attached hydrogens (primary N) is 1. The van der Waals surface area contributed by atoms with Gasteiger partial charge in [-0.25, -0.2) is 8.78 Å². The average Bonchev–Trinajstić information content (AvgIpc) is 2.85. The predicted molar refractivity (Wildman–Crippen MR) is 68.0 cm³/mol. The van der Waals surface area contributed by atoms with Gasteiger partial charge in [-0.15, -0.1) is 0 Å². The standard InChI is InChI=1S/C13H12BrF2NO/c14-9-4-5-10(15)12(13(9)16)11(17)6-3-8-2-1-7-18-8/h1-2,4-5,7,11H,3,6,17H2. The van der Waals surface area contributed by atoms with Gasteiger partial charge in [0.15, 0.2) is 0 Å². The highest BCUT2D eigenvalue weighted by Gasteiger charge is 2.19. The van der Waals surface area contributed by atoms with Gasteiger partial charge in [-0.1, -0.05) is 0 Å². The molecule has 0 bridgehead atoms. The van der Waals surface area contributed by atoms with Crippen molar-refractivity contribution in [1.29, 1.82) is 0 Å². The average molecular weight is 316 g/mol. The molecule has 0 radical (unpaired) electrons. The largest absolute Gasteiger partial charge is 0.469 e. The second-order valence-corrected chi connectivity index (χ2v) is 4.84. The maximum atomic E-state index is 13.8. The Morgan fingerprint density at radius 1 is 1.28 bits per heavy atom. The topological polar surface area (TPSA) is 39.2 Å². The number of hydrogen-bond acceptors (Lipinski definition) is 2. The smallest absolute Gasteiger partial charge is 0.145 e. The van der Waals surface area contributed by atoms with Crippen LogP contribution >= 0.6 is 15.9 Å². The molecule has 0 aliphatic carbocycles. The van der Waals surface area contributed by atoms with E-state index < -0.39 is 17.7 Å². The summed E-state index contributed by atoms with van der Waals surface area (Å²) in [6, 6.07) is 5.40. The van der Waals surface area contributed by atoms with Crippen LogP contribution in [0.3, 0.4) is 0 Å². The molecule has 2 N–H and O–H groups in total. The maximum Gasteiger partial charge on any atom is 0.145 e. The van der Waals surface area contributed by atoms with E-state index in [0.717, 1.165) is 5.76 Å². The molecule has 18 heavy (non-hydrogen) atoms. The van der Waals surface area contributed by atoms with Crippen LogP contribution in [-0.2, 0) is 6.42 Å². The third-order valence-electron chi connectivity index (χ3n) is 2.73. The fourth-order valence-corrected chi connectivity index (χ4v) is 2.13. The van der Waals surface area contributed by atoms with E-state index in [2.05, 4.69) is 15.9 Å². The molecule has 96 valence electrons. The van der Waals surface area contributed by atoms with Crippen molar-refractivity contribution in [3.8, 4) is 0 Å². The van der Waals surface area contributed by atoms with E-state index in [1.807, 2.05) is 0 Å². The molecule has 1 heterocycles. The number of furan rings is 1. The summed E-state index contributed by atoms with van der Waals surface area (Å²) >= 11 is 3.02. The molecule has 0 aliphatic heterocycles. The zero-order valence-corrected chi connectivity index (χ0v) is 11.1. The third-order valence-corrected chi connectivity index (χ3v) is 3.34. The molecule has 0 saturated carbocycles. The van der Waals surface area contributed by atoms with Gasteiger partial charge in [0, 0.05) is 18.0 Å². The summed E-state index contributed by atoms with van der Waals surface area (Å²) in [5.74, 6) is -0.508. The highest BCUT2D eigenvalue weighted by Crippen LogP contribution is 2.27. The molecule has 0 aliphatic rings. The highest BCUT2D eigenvalue weighted by atomic mass is 79.9. The van der Waals surface area contributed by atoms with E-state index in [9.17, 15) is 8.78 Å². The van der Waals surface area contributed by atoms with E-state index >= 15 is 0 Å². The first-order valence-electron chi connectivity index (χ1n) is 5.51. The van der Waals surface area contributed by atoms with Crippen LogP contribution in [0.15, 0.2) is 39.4 Å². The number of rotatable bonds is 4. The first kappa shape index (κ1) is 13.2. The molecule has 2 rings (SSSR count). The van der Waals surface area contributed by atoms with E-state index in [1.165, 1.54) is 12.1 Å². The van der Waals surface area contributed by atoms with Crippen LogP contribution in [0.25, 0.3) is 0 Å². The lowest BCUT2D eigenvalue weighted by atomic mass is 10.0. The summed E-state index contributed by atoms with van der Waals surface area (Å²) in [6.07, 6.45) is 2.51. The van der Waals surface area contributed by atoms with Crippen molar-refractivity contribution < 1.29 is 13.2 Å². The summed E-state index contributed by atoms with van der Waals surface area (Å²) in [7, 11) is 0. The van der Waals surface area contributed by atoms with Crippen molar-refractivity contribution in [1.82, 2.24) is 0 Å².